The van der Waals surface area contributed by atoms with Crippen LogP contribution in [0.25, 0.3) is 33.6 Å². The van der Waals surface area contributed by atoms with Gasteiger partial charge in [-0.15, -0.1) is 0 Å². The molecule has 0 aliphatic carbocycles. The molecule has 4 N–H and O–H groups in total. The summed E-state index contributed by atoms with van der Waals surface area (Å²) < 4.78 is 11.3. The Morgan fingerprint density at radius 2 is 1.35 bits per heavy atom. The zero-order valence-corrected chi connectivity index (χ0v) is 29.2. The molecule has 2 aromatic heterocycles. The maximum Gasteiger partial charge on any atom is 0.218 e. The number of aromatic nitrogens is 2. The molecule has 0 saturated carbocycles. The number of nitrogens with one attached hydrogen (secondary N) is 4. The van der Waals surface area contributed by atoms with E-state index in [9.17, 15) is 9.59 Å². The number of amides is 2. The SMILES string of the molecule is COc1cc(-c2nccc(-c3cccc(-c4ccc(CNCCCNC(C)=O)c(OC)n4)c3Cl)c2Cl)ccc1CNCCCNC(C)=O. The number of rotatable bonds is 17. The summed E-state index contributed by atoms with van der Waals surface area (Å²) in [5, 5.41) is 13.3. The van der Waals surface area contributed by atoms with E-state index in [1.54, 1.807) is 20.4 Å². The van der Waals surface area contributed by atoms with Crippen molar-refractivity contribution in [2.45, 2.75) is 39.8 Å². The molecule has 48 heavy (non-hydrogen) atoms. The normalized spacial score (nSPS) is 10.9. The molecule has 254 valence electrons. The van der Waals surface area contributed by atoms with Crippen molar-refractivity contribution in [1.82, 2.24) is 31.2 Å². The lowest BCUT2D eigenvalue weighted by Crippen LogP contribution is -2.25. The molecule has 0 spiro atoms. The summed E-state index contributed by atoms with van der Waals surface area (Å²) in [6.45, 7) is 6.96. The summed E-state index contributed by atoms with van der Waals surface area (Å²) in [6, 6.07) is 17.4. The van der Waals surface area contributed by atoms with E-state index in [-0.39, 0.29) is 11.8 Å². The maximum absolute atomic E-state index is 11.1. The molecule has 0 aliphatic rings. The van der Waals surface area contributed by atoms with Gasteiger partial charge in [-0.3, -0.25) is 14.6 Å². The number of methoxy groups -OCH3 is 2. The van der Waals surface area contributed by atoms with Gasteiger partial charge in [-0.2, -0.15) is 0 Å². The maximum atomic E-state index is 11.1. The van der Waals surface area contributed by atoms with Crippen molar-refractivity contribution in [2.75, 3.05) is 40.4 Å². The van der Waals surface area contributed by atoms with Crippen LogP contribution >= 0.6 is 23.2 Å². The highest BCUT2D eigenvalue weighted by atomic mass is 35.5. The van der Waals surface area contributed by atoms with E-state index in [1.807, 2.05) is 54.6 Å². The Hall–Kier alpha value is -4.22. The van der Waals surface area contributed by atoms with Gasteiger partial charge in [0.05, 0.1) is 35.7 Å². The number of pyridine rings is 2. The monoisotopic (exact) mass is 692 g/mol. The summed E-state index contributed by atoms with van der Waals surface area (Å²) in [6.07, 6.45) is 3.36. The number of halogens is 2. The molecule has 0 unspecified atom stereocenters. The van der Waals surface area contributed by atoms with Crippen molar-refractivity contribution in [3.63, 3.8) is 0 Å². The van der Waals surface area contributed by atoms with E-state index in [0.717, 1.165) is 59.3 Å². The number of benzene rings is 2. The first-order chi connectivity index (χ1) is 23.2. The van der Waals surface area contributed by atoms with E-state index >= 15 is 0 Å². The number of carbonyl (C=O) groups excluding carboxylic acids is 2. The topological polar surface area (TPSA) is 126 Å². The molecule has 4 aromatic rings. The van der Waals surface area contributed by atoms with Gasteiger partial charge in [0.15, 0.2) is 0 Å². The minimum Gasteiger partial charge on any atom is -0.496 e. The van der Waals surface area contributed by atoms with Gasteiger partial charge < -0.3 is 30.7 Å². The van der Waals surface area contributed by atoms with E-state index in [4.69, 9.17) is 37.7 Å². The molecule has 0 saturated heterocycles. The van der Waals surface area contributed by atoms with Gasteiger partial charge in [0.1, 0.15) is 5.75 Å². The van der Waals surface area contributed by atoms with Crippen molar-refractivity contribution in [2.24, 2.45) is 0 Å². The Kier molecular flexibility index (Phi) is 14.0. The van der Waals surface area contributed by atoms with Crippen LogP contribution in [0.5, 0.6) is 11.6 Å². The van der Waals surface area contributed by atoms with Gasteiger partial charge in [0.25, 0.3) is 0 Å². The van der Waals surface area contributed by atoms with Crippen LogP contribution in [0.2, 0.25) is 10.0 Å². The van der Waals surface area contributed by atoms with Crippen LogP contribution < -0.4 is 30.7 Å². The van der Waals surface area contributed by atoms with E-state index in [2.05, 4.69) is 26.3 Å². The molecule has 0 radical (unpaired) electrons. The van der Waals surface area contributed by atoms with Crippen LogP contribution in [0.1, 0.15) is 37.8 Å². The fourth-order valence-electron chi connectivity index (χ4n) is 5.16. The van der Waals surface area contributed by atoms with Crippen LogP contribution in [0.4, 0.5) is 0 Å². The van der Waals surface area contributed by atoms with Gasteiger partial charge in [0, 0.05) is 79.6 Å². The summed E-state index contributed by atoms with van der Waals surface area (Å²) >= 11 is 14.1. The summed E-state index contributed by atoms with van der Waals surface area (Å²) in [5.74, 6) is 1.16. The fourth-order valence-corrected chi connectivity index (χ4v) is 5.81. The van der Waals surface area contributed by atoms with Crippen molar-refractivity contribution >= 4 is 35.0 Å². The zero-order valence-electron chi connectivity index (χ0n) is 27.7. The molecule has 0 fully saturated rings. The second-order valence-electron chi connectivity index (χ2n) is 11.1. The summed E-state index contributed by atoms with van der Waals surface area (Å²) in [7, 11) is 3.23. The Labute approximate surface area is 292 Å². The second-order valence-corrected chi connectivity index (χ2v) is 11.9. The minimum absolute atomic E-state index is 0.0284. The molecule has 0 atom stereocenters. The Morgan fingerprint density at radius 1 is 0.729 bits per heavy atom. The van der Waals surface area contributed by atoms with Crippen LogP contribution in [0.15, 0.2) is 60.8 Å². The van der Waals surface area contributed by atoms with Crippen molar-refractivity contribution < 1.29 is 19.1 Å². The van der Waals surface area contributed by atoms with Crippen LogP contribution in [-0.2, 0) is 22.7 Å². The van der Waals surface area contributed by atoms with Crippen LogP contribution in [-0.4, -0.2) is 62.2 Å². The van der Waals surface area contributed by atoms with E-state index < -0.39 is 0 Å². The lowest BCUT2D eigenvalue weighted by molar-refractivity contribution is -0.119. The van der Waals surface area contributed by atoms with Crippen LogP contribution in [0.3, 0.4) is 0 Å². The predicted octanol–water partition coefficient (Wildman–Crippen LogP) is 6.03. The highest BCUT2D eigenvalue weighted by molar-refractivity contribution is 6.39. The Bertz CT molecular complexity index is 1590. The molecule has 10 nitrogen and oxygen atoms in total. The van der Waals surface area contributed by atoms with Crippen molar-refractivity contribution in [3.8, 4) is 45.3 Å². The average Bonchev–Trinajstić information content (AvgIpc) is 3.08. The molecule has 2 heterocycles. The lowest BCUT2D eigenvalue weighted by Gasteiger charge is -2.15. The third kappa shape index (κ3) is 9.90. The molecule has 12 heteroatoms. The van der Waals surface area contributed by atoms with Gasteiger partial charge in [-0.05, 0) is 44.1 Å². The highest BCUT2D eigenvalue weighted by Gasteiger charge is 2.18. The van der Waals surface area contributed by atoms with Gasteiger partial charge in [-0.25, -0.2) is 4.98 Å². The zero-order chi connectivity index (χ0) is 34.5. The first-order valence-corrected chi connectivity index (χ1v) is 16.5. The molecular formula is C36H42Cl2N6O4. The number of hydrogen-bond acceptors (Lipinski definition) is 8. The molecule has 2 aromatic carbocycles. The first-order valence-electron chi connectivity index (χ1n) is 15.8. The third-order valence-corrected chi connectivity index (χ3v) is 8.38. The Balaban J connectivity index is 1.52. The lowest BCUT2D eigenvalue weighted by atomic mass is 9.99. The van der Waals surface area contributed by atoms with Gasteiger partial charge in [0.2, 0.25) is 17.7 Å². The van der Waals surface area contributed by atoms with Gasteiger partial charge >= 0.3 is 0 Å². The number of ether oxygens (including phenoxy) is 2. The third-order valence-electron chi connectivity index (χ3n) is 7.59. The highest BCUT2D eigenvalue weighted by Crippen LogP contribution is 2.42. The molecule has 0 bridgehead atoms. The Morgan fingerprint density at radius 3 is 2.00 bits per heavy atom. The summed E-state index contributed by atoms with van der Waals surface area (Å²) in [4.78, 5) is 31.5. The molecule has 0 aliphatic heterocycles. The number of carbonyl (C=O) groups is 2. The largest absolute Gasteiger partial charge is 0.496 e. The van der Waals surface area contributed by atoms with Crippen molar-refractivity contribution in [3.05, 3.63) is 82.0 Å². The number of nitrogens with zero attached hydrogens (tertiary/aromatic N) is 2. The first kappa shape index (κ1) is 36.6. The minimum atomic E-state index is -0.0328. The molecular weight excluding hydrogens is 651 g/mol. The molecule has 4 rings (SSSR count). The number of hydrogen-bond donors (Lipinski definition) is 4. The quantitative estimate of drug-likeness (QED) is 0.0989. The second kappa shape index (κ2) is 18.4. The standard InChI is InChI=1S/C36H42Cl2N6O4/c1-23(45)41-17-6-15-39-21-26-11-10-25(20-32(26)47-3)35-34(38)29(14-19-43-35)28-8-5-9-30(33(28)37)31-13-12-27(36(44-31)48-4)22-40-16-7-18-42-24(2)46/h5,8-14,19-20,39-40H,6-7,15-18,21-22H2,1-4H3,(H,41,45)(H,42,46). The van der Waals surface area contributed by atoms with Gasteiger partial charge in [-0.1, -0.05) is 59.6 Å². The molecule has 2 amide bonds. The predicted molar refractivity (Wildman–Crippen MR) is 191 cm³/mol. The average molecular weight is 694 g/mol. The van der Waals surface area contributed by atoms with E-state index in [1.165, 1.54) is 13.8 Å². The fraction of sp³-hybridized carbons (Fsp3) is 0.333. The van der Waals surface area contributed by atoms with Crippen LogP contribution in [0, 0.1) is 0 Å². The van der Waals surface area contributed by atoms with E-state index in [0.29, 0.717) is 59.2 Å². The van der Waals surface area contributed by atoms with Crippen molar-refractivity contribution in [1.29, 1.82) is 0 Å². The summed E-state index contributed by atoms with van der Waals surface area (Å²) in [5.41, 5.74) is 6.23. The smallest absolute Gasteiger partial charge is 0.218 e.